The molecule has 0 aromatic heterocycles. The van der Waals surface area contributed by atoms with Crippen LogP contribution in [0.15, 0.2) is 18.2 Å². The summed E-state index contributed by atoms with van der Waals surface area (Å²) in [6, 6.07) is 7.56. The fourth-order valence-corrected chi connectivity index (χ4v) is 4.46. The molecule has 2 fully saturated rings. The maximum absolute atomic E-state index is 6.34. The molecular formula is C15H20BrClN2. The van der Waals surface area contributed by atoms with Gasteiger partial charge in [-0.25, -0.2) is 0 Å². The summed E-state index contributed by atoms with van der Waals surface area (Å²) in [6.45, 7) is 5.93. The van der Waals surface area contributed by atoms with Gasteiger partial charge in [0.1, 0.15) is 0 Å². The van der Waals surface area contributed by atoms with Crippen molar-refractivity contribution in [2.75, 3.05) is 24.5 Å². The predicted molar refractivity (Wildman–Crippen MR) is 85.5 cm³/mol. The summed E-state index contributed by atoms with van der Waals surface area (Å²) in [6.07, 6.45) is 2.69. The Kier molecular flexibility index (Phi) is 4.06. The third-order valence-electron chi connectivity index (χ3n) is 4.47. The molecule has 2 saturated heterocycles. The van der Waals surface area contributed by atoms with Gasteiger partial charge < -0.3 is 4.90 Å². The van der Waals surface area contributed by atoms with Gasteiger partial charge in [-0.2, -0.15) is 0 Å². The molecule has 2 atom stereocenters. The largest absolute Gasteiger partial charge is 0.366 e. The number of fused-ring (bicyclic) bond motifs is 1. The van der Waals surface area contributed by atoms with Crippen LogP contribution in [-0.4, -0.2) is 36.6 Å². The summed E-state index contributed by atoms with van der Waals surface area (Å²) in [7, 11) is 0. The van der Waals surface area contributed by atoms with Crippen LogP contribution in [0, 0.1) is 0 Å². The molecule has 2 aliphatic rings. The van der Waals surface area contributed by atoms with E-state index in [4.69, 9.17) is 11.6 Å². The molecule has 0 bridgehead atoms. The minimum absolute atomic E-state index is 0.561. The fourth-order valence-electron chi connectivity index (χ4n) is 3.47. The summed E-state index contributed by atoms with van der Waals surface area (Å²) in [4.78, 5) is 5.20. The Morgan fingerprint density at radius 2 is 2.21 bits per heavy atom. The van der Waals surface area contributed by atoms with Crippen molar-refractivity contribution in [2.24, 2.45) is 0 Å². The first kappa shape index (κ1) is 13.7. The lowest BCUT2D eigenvalue weighted by Gasteiger charge is -2.44. The summed E-state index contributed by atoms with van der Waals surface area (Å²) >= 11 is 9.92. The van der Waals surface area contributed by atoms with Crippen LogP contribution >= 0.6 is 27.5 Å². The van der Waals surface area contributed by atoms with E-state index in [1.165, 1.54) is 37.2 Å². The maximum Gasteiger partial charge on any atom is 0.0467 e. The third-order valence-corrected chi connectivity index (χ3v) is 5.39. The topological polar surface area (TPSA) is 6.48 Å². The van der Waals surface area contributed by atoms with Crippen molar-refractivity contribution in [3.8, 4) is 0 Å². The van der Waals surface area contributed by atoms with E-state index in [-0.39, 0.29) is 0 Å². The van der Waals surface area contributed by atoms with Gasteiger partial charge >= 0.3 is 0 Å². The van der Waals surface area contributed by atoms with E-state index in [1.54, 1.807) is 0 Å². The van der Waals surface area contributed by atoms with Crippen molar-refractivity contribution in [3.05, 3.63) is 28.8 Å². The van der Waals surface area contributed by atoms with Gasteiger partial charge in [-0.15, -0.1) is 0 Å². The van der Waals surface area contributed by atoms with Gasteiger partial charge in [0.2, 0.25) is 0 Å². The Bertz CT molecular complexity index is 465. The second-order valence-electron chi connectivity index (χ2n) is 5.66. The zero-order valence-corrected chi connectivity index (χ0v) is 13.6. The molecule has 0 spiro atoms. The van der Waals surface area contributed by atoms with Crippen LogP contribution in [0.5, 0.6) is 0 Å². The number of piperazine rings is 1. The van der Waals surface area contributed by atoms with Gasteiger partial charge in [-0.3, -0.25) is 4.90 Å². The molecule has 2 aliphatic heterocycles. The van der Waals surface area contributed by atoms with Crippen LogP contribution in [-0.2, 0) is 5.33 Å². The Balaban J connectivity index is 1.91. The average Bonchev–Trinajstić information content (AvgIpc) is 2.84. The van der Waals surface area contributed by atoms with Gasteiger partial charge in [0, 0.05) is 46.8 Å². The van der Waals surface area contributed by atoms with E-state index in [1.807, 2.05) is 6.07 Å². The molecule has 3 rings (SSSR count). The van der Waals surface area contributed by atoms with Crippen LogP contribution in [0.4, 0.5) is 5.69 Å². The molecule has 2 heterocycles. The van der Waals surface area contributed by atoms with E-state index in [0.29, 0.717) is 6.04 Å². The highest BCUT2D eigenvalue weighted by molar-refractivity contribution is 9.08. The molecule has 2 unspecified atom stereocenters. The molecule has 4 heteroatoms. The van der Waals surface area contributed by atoms with E-state index < -0.39 is 0 Å². The molecule has 1 aromatic rings. The standard InChI is InChI=1S/C15H20BrClN2/c1-11-9-18-7-3-4-12(18)10-19(11)15-6-2-5-14(17)13(15)8-16/h2,5-6,11-12H,3-4,7-10H2,1H3. The summed E-state index contributed by atoms with van der Waals surface area (Å²) < 4.78 is 0. The third kappa shape index (κ3) is 2.53. The first-order valence-electron chi connectivity index (χ1n) is 7.04. The monoisotopic (exact) mass is 342 g/mol. The van der Waals surface area contributed by atoms with Gasteiger partial charge in [-0.05, 0) is 38.4 Å². The number of benzene rings is 1. The second kappa shape index (κ2) is 5.63. The molecule has 19 heavy (non-hydrogen) atoms. The van der Waals surface area contributed by atoms with Crippen molar-refractivity contribution in [1.29, 1.82) is 0 Å². The maximum atomic E-state index is 6.34. The normalized spacial score (nSPS) is 27.6. The van der Waals surface area contributed by atoms with E-state index in [0.717, 1.165) is 22.9 Å². The molecule has 0 aliphatic carbocycles. The number of anilines is 1. The molecular weight excluding hydrogens is 324 g/mol. The highest BCUT2D eigenvalue weighted by atomic mass is 79.9. The summed E-state index contributed by atoms with van der Waals surface area (Å²) in [5.74, 6) is 0. The number of alkyl halides is 1. The Morgan fingerprint density at radius 1 is 1.37 bits per heavy atom. The lowest BCUT2D eigenvalue weighted by molar-refractivity contribution is 0.203. The number of hydrogen-bond donors (Lipinski definition) is 0. The van der Waals surface area contributed by atoms with Gasteiger partial charge in [-0.1, -0.05) is 33.6 Å². The average molecular weight is 344 g/mol. The minimum Gasteiger partial charge on any atom is -0.366 e. The van der Waals surface area contributed by atoms with Crippen molar-refractivity contribution < 1.29 is 0 Å². The zero-order chi connectivity index (χ0) is 13.4. The summed E-state index contributed by atoms with van der Waals surface area (Å²) in [5.41, 5.74) is 2.53. The van der Waals surface area contributed by atoms with Gasteiger partial charge in [0.05, 0.1) is 0 Å². The fraction of sp³-hybridized carbons (Fsp3) is 0.600. The van der Waals surface area contributed by atoms with Crippen LogP contribution in [0.2, 0.25) is 5.02 Å². The number of rotatable bonds is 2. The van der Waals surface area contributed by atoms with Crippen LogP contribution in [0.1, 0.15) is 25.3 Å². The molecule has 0 N–H and O–H groups in total. The van der Waals surface area contributed by atoms with Crippen molar-refractivity contribution in [2.45, 2.75) is 37.2 Å². The smallest absolute Gasteiger partial charge is 0.0467 e. The lowest BCUT2D eigenvalue weighted by atomic mass is 10.0. The number of nitrogens with zero attached hydrogens (tertiary/aromatic N) is 2. The van der Waals surface area contributed by atoms with Crippen molar-refractivity contribution in [3.63, 3.8) is 0 Å². The van der Waals surface area contributed by atoms with E-state index >= 15 is 0 Å². The molecule has 0 saturated carbocycles. The van der Waals surface area contributed by atoms with Gasteiger partial charge in [0.25, 0.3) is 0 Å². The minimum atomic E-state index is 0.561. The molecule has 0 amide bonds. The van der Waals surface area contributed by atoms with Crippen molar-refractivity contribution >= 4 is 33.2 Å². The van der Waals surface area contributed by atoms with Crippen LogP contribution in [0.25, 0.3) is 0 Å². The Labute approximate surface area is 128 Å². The van der Waals surface area contributed by atoms with Crippen LogP contribution < -0.4 is 4.90 Å². The lowest BCUT2D eigenvalue weighted by Crippen LogP contribution is -2.55. The molecule has 104 valence electrons. The highest BCUT2D eigenvalue weighted by Crippen LogP contribution is 2.34. The predicted octanol–water partition coefficient (Wildman–Crippen LogP) is 3.91. The molecule has 2 nitrogen and oxygen atoms in total. The van der Waals surface area contributed by atoms with Gasteiger partial charge in [0.15, 0.2) is 0 Å². The Hall–Kier alpha value is -0.250. The quantitative estimate of drug-likeness (QED) is 0.751. The van der Waals surface area contributed by atoms with E-state index in [9.17, 15) is 0 Å². The SMILES string of the molecule is CC1CN2CCCC2CN1c1cccc(Cl)c1CBr. The number of hydrogen-bond acceptors (Lipinski definition) is 2. The molecule has 1 aromatic carbocycles. The summed E-state index contributed by atoms with van der Waals surface area (Å²) in [5, 5.41) is 1.69. The Morgan fingerprint density at radius 3 is 3.00 bits per heavy atom. The highest BCUT2D eigenvalue weighted by Gasteiger charge is 2.35. The van der Waals surface area contributed by atoms with Crippen LogP contribution in [0.3, 0.4) is 0 Å². The first-order chi connectivity index (χ1) is 9.20. The van der Waals surface area contributed by atoms with E-state index in [2.05, 4.69) is 44.8 Å². The molecule has 0 radical (unpaired) electrons. The van der Waals surface area contributed by atoms with Crippen molar-refractivity contribution in [1.82, 2.24) is 4.90 Å². The first-order valence-corrected chi connectivity index (χ1v) is 8.54. The second-order valence-corrected chi connectivity index (χ2v) is 6.63. The number of halogens is 2. The zero-order valence-electron chi connectivity index (χ0n) is 11.3.